The number of nitrogens with zero attached hydrogens (tertiary/aromatic N) is 2. The average molecular weight is 273 g/mol. The maximum Gasteiger partial charge on any atom is 0.240 e. The summed E-state index contributed by atoms with van der Waals surface area (Å²) < 4.78 is 5.22. The molecule has 1 aliphatic heterocycles. The van der Waals surface area contributed by atoms with E-state index in [2.05, 4.69) is 16.3 Å². The molecular weight excluding hydrogens is 254 g/mol. The second-order valence-electron chi connectivity index (χ2n) is 5.38. The number of rotatable bonds is 3. The predicted octanol–water partition coefficient (Wildman–Crippen LogP) is 1.28. The van der Waals surface area contributed by atoms with Crippen molar-refractivity contribution in [2.75, 3.05) is 20.2 Å². The molecule has 0 bridgehead atoms. The Morgan fingerprint density at radius 3 is 2.90 bits per heavy atom. The van der Waals surface area contributed by atoms with Gasteiger partial charge in [-0.3, -0.25) is 9.69 Å². The number of carbonyl (C=O) groups excluding carboxylic acids is 1. The minimum absolute atomic E-state index is 0.0457. The second kappa shape index (κ2) is 5.51. The third kappa shape index (κ3) is 2.61. The van der Waals surface area contributed by atoms with Gasteiger partial charge >= 0.3 is 0 Å². The van der Waals surface area contributed by atoms with Crippen molar-refractivity contribution in [1.29, 1.82) is 5.26 Å². The largest absolute Gasteiger partial charge is 0.495 e. The van der Waals surface area contributed by atoms with Gasteiger partial charge in [0.05, 0.1) is 18.2 Å². The molecule has 1 aromatic rings. The summed E-state index contributed by atoms with van der Waals surface area (Å²) >= 11 is 0. The van der Waals surface area contributed by atoms with Crippen LogP contribution in [-0.4, -0.2) is 36.5 Å². The van der Waals surface area contributed by atoms with Gasteiger partial charge in [-0.25, -0.2) is 0 Å². The van der Waals surface area contributed by atoms with Gasteiger partial charge in [0.1, 0.15) is 11.8 Å². The van der Waals surface area contributed by atoms with E-state index < -0.39 is 5.54 Å². The zero-order valence-electron chi connectivity index (χ0n) is 12.1. The van der Waals surface area contributed by atoms with Gasteiger partial charge in [0.2, 0.25) is 5.91 Å². The Kier molecular flexibility index (Phi) is 3.96. The Morgan fingerprint density at radius 1 is 1.50 bits per heavy atom. The van der Waals surface area contributed by atoms with Crippen molar-refractivity contribution in [3.05, 3.63) is 29.3 Å². The van der Waals surface area contributed by atoms with Crippen molar-refractivity contribution in [3.63, 3.8) is 0 Å². The molecule has 0 radical (unpaired) electrons. The van der Waals surface area contributed by atoms with Crippen LogP contribution in [0.5, 0.6) is 5.75 Å². The number of nitrogens with one attached hydrogen (secondary N) is 1. The van der Waals surface area contributed by atoms with Gasteiger partial charge in [0.25, 0.3) is 0 Å². The van der Waals surface area contributed by atoms with Gasteiger partial charge < -0.3 is 10.1 Å². The van der Waals surface area contributed by atoms with Crippen LogP contribution in [0.15, 0.2) is 18.2 Å². The number of amides is 1. The van der Waals surface area contributed by atoms with Gasteiger partial charge in [-0.1, -0.05) is 6.07 Å². The highest BCUT2D eigenvalue weighted by molar-refractivity contribution is 5.86. The van der Waals surface area contributed by atoms with Gasteiger partial charge in [0, 0.05) is 19.6 Å². The Morgan fingerprint density at radius 2 is 2.25 bits per heavy atom. The van der Waals surface area contributed by atoms with E-state index in [4.69, 9.17) is 10.00 Å². The summed E-state index contributed by atoms with van der Waals surface area (Å²) in [5.41, 5.74) is 1.02. The van der Waals surface area contributed by atoms with Crippen molar-refractivity contribution >= 4 is 5.91 Å². The van der Waals surface area contributed by atoms with E-state index in [1.165, 1.54) is 0 Å². The highest BCUT2D eigenvalue weighted by atomic mass is 16.5. The molecule has 0 aliphatic carbocycles. The first-order chi connectivity index (χ1) is 9.48. The average Bonchev–Trinajstić information content (AvgIpc) is 2.44. The van der Waals surface area contributed by atoms with Gasteiger partial charge in [-0.2, -0.15) is 5.26 Å². The number of hydrogen-bond acceptors (Lipinski definition) is 4. The highest BCUT2D eigenvalue weighted by Gasteiger charge is 2.37. The Bertz CT molecular complexity index is 561. The second-order valence-corrected chi connectivity index (χ2v) is 5.38. The SMILES string of the molecule is COc1cc(CN2CCNC(=O)C2(C)C)ccc1C#N. The van der Waals surface area contributed by atoms with Crippen LogP contribution in [0.25, 0.3) is 0 Å². The zero-order chi connectivity index (χ0) is 14.8. The lowest BCUT2D eigenvalue weighted by molar-refractivity contribution is -0.135. The van der Waals surface area contributed by atoms with Gasteiger partial charge in [0.15, 0.2) is 0 Å². The number of ether oxygens (including phenoxy) is 1. The zero-order valence-corrected chi connectivity index (χ0v) is 12.1. The van der Waals surface area contributed by atoms with Crippen molar-refractivity contribution in [1.82, 2.24) is 10.2 Å². The van der Waals surface area contributed by atoms with Crippen molar-refractivity contribution in [3.8, 4) is 11.8 Å². The molecule has 1 aromatic carbocycles. The minimum Gasteiger partial charge on any atom is -0.495 e. The Hall–Kier alpha value is -2.06. The maximum atomic E-state index is 11.9. The van der Waals surface area contributed by atoms with E-state index in [-0.39, 0.29) is 5.91 Å². The monoisotopic (exact) mass is 273 g/mol. The summed E-state index contributed by atoms with van der Waals surface area (Å²) in [7, 11) is 1.55. The molecule has 20 heavy (non-hydrogen) atoms. The fourth-order valence-electron chi connectivity index (χ4n) is 2.37. The van der Waals surface area contributed by atoms with E-state index in [0.29, 0.717) is 24.4 Å². The first kappa shape index (κ1) is 14.4. The molecular formula is C15H19N3O2. The molecule has 2 rings (SSSR count). The van der Waals surface area contributed by atoms with E-state index in [1.54, 1.807) is 13.2 Å². The topological polar surface area (TPSA) is 65.4 Å². The van der Waals surface area contributed by atoms with Gasteiger partial charge in [-0.15, -0.1) is 0 Å². The summed E-state index contributed by atoms with van der Waals surface area (Å²) in [5.74, 6) is 0.619. The van der Waals surface area contributed by atoms with E-state index >= 15 is 0 Å². The molecule has 1 amide bonds. The van der Waals surface area contributed by atoms with Crippen molar-refractivity contribution in [2.24, 2.45) is 0 Å². The lowest BCUT2D eigenvalue weighted by Crippen LogP contribution is -2.61. The summed E-state index contributed by atoms with van der Waals surface area (Å²) in [6, 6.07) is 7.62. The predicted molar refractivity (Wildman–Crippen MR) is 75.2 cm³/mol. The number of hydrogen-bond donors (Lipinski definition) is 1. The molecule has 5 heteroatoms. The van der Waals surface area contributed by atoms with Crippen LogP contribution >= 0.6 is 0 Å². The molecule has 0 unspecified atom stereocenters. The standard InChI is InChI=1S/C15H19N3O2/c1-15(2)14(19)17-6-7-18(15)10-11-4-5-12(9-16)13(8-11)20-3/h4-5,8H,6-7,10H2,1-3H3,(H,17,19). The molecule has 1 saturated heterocycles. The number of piperazine rings is 1. The molecule has 106 valence electrons. The first-order valence-corrected chi connectivity index (χ1v) is 6.59. The van der Waals surface area contributed by atoms with Gasteiger partial charge in [-0.05, 0) is 31.5 Å². The van der Waals surface area contributed by atoms with Crippen LogP contribution in [0, 0.1) is 11.3 Å². The van der Waals surface area contributed by atoms with Crippen LogP contribution in [0.4, 0.5) is 0 Å². The summed E-state index contributed by atoms with van der Waals surface area (Å²) in [5, 5.41) is 11.9. The lowest BCUT2D eigenvalue weighted by atomic mass is 9.97. The van der Waals surface area contributed by atoms with Crippen molar-refractivity contribution in [2.45, 2.75) is 25.9 Å². The molecule has 0 atom stereocenters. The molecule has 1 heterocycles. The Labute approximate surface area is 119 Å². The fraction of sp³-hybridized carbons (Fsp3) is 0.467. The van der Waals surface area contributed by atoms with Crippen LogP contribution in [-0.2, 0) is 11.3 Å². The van der Waals surface area contributed by atoms with Crippen LogP contribution in [0.3, 0.4) is 0 Å². The third-order valence-electron chi connectivity index (χ3n) is 3.77. The molecule has 0 aromatic heterocycles. The molecule has 0 saturated carbocycles. The molecule has 0 spiro atoms. The van der Waals surface area contributed by atoms with Crippen LogP contribution in [0.2, 0.25) is 0 Å². The van der Waals surface area contributed by atoms with Crippen LogP contribution < -0.4 is 10.1 Å². The fourth-order valence-corrected chi connectivity index (χ4v) is 2.37. The third-order valence-corrected chi connectivity index (χ3v) is 3.77. The maximum absolute atomic E-state index is 11.9. The first-order valence-electron chi connectivity index (χ1n) is 6.59. The smallest absolute Gasteiger partial charge is 0.240 e. The highest BCUT2D eigenvalue weighted by Crippen LogP contribution is 2.24. The summed E-state index contributed by atoms with van der Waals surface area (Å²) in [4.78, 5) is 14.1. The number of nitriles is 1. The normalized spacial score (nSPS) is 18.2. The summed E-state index contributed by atoms with van der Waals surface area (Å²) in [6.45, 7) is 5.96. The van der Waals surface area contributed by atoms with Crippen molar-refractivity contribution < 1.29 is 9.53 Å². The number of methoxy groups -OCH3 is 1. The van der Waals surface area contributed by atoms with Crippen LogP contribution in [0.1, 0.15) is 25.0 Å². The Balaban J connectivity index is 2.22. The number of carbonyl (C=O) groups is 1. The number of benzene rings is 1. The molecule has 5 nitrogen and oxygen atoms in total. The molecule has 1 fully saturated rings. The molecule has 1 N–H and O–H groups in total. The lowest BCUT2D eigenvalue weighted by Gasteiger charge is -2.41. The quantitative estimate of drug-likeness (QED) is 0.901. The minimum atomic E-state index is -0.528. The van der Waals surface area contributed by atoms with E-state index in [9.17, 15) is 4.79 Å². The molecule has 1 aliphatic rings. The van der Waals surface area contributed by atoms with E-state index in [0.717, 1.165) is 12.1 Å². The van der Waals surface area contributed by atoms with E-state index in [1.807, 2.05) is 26.0 Å². The summed E-state index contributed by atoms with van der Waals surface area (Å²) in [6.07, 6.45) is 0.